The Kier molecular flexibility index (Phi) is 5.46. The van der Waals surface area contributed by atoms with E-state index in [9.17, 15) is 0 Å². The Bertz CT molecular complexity index is 2600. The number of hydrogen-bond donors (Lipinski definition) is 0. The second-order valence-electron chi connectivity index (χ2n) is 13.1. The predicted molar refractivity (Wildman–Crippen MR) is 189 cm³/mol. The van der Waals surface area contributed by atoms with E-state index in [1.165, 1.54) is 27.1 Å². The van der Waals surface area contributed by atoms with Gasteiger partial charge in [0.1, 0.15) is 11.2 Å². The maximum Gasteiger partial charge on any atom is 0.143 e. The van der Waals surface area contributed by atoms with E-state index in [1.54, 1.807) is 0 Å². The highest BCUT2D eigenvalue weighted by molar-refractivity contribution is 6.23. The first kappa shape index (κ1) is 25.9. The maximum absolute atomic E-state index is 6.64. The minimum absolute atomic E-state index is 0.0720. The first-order valence-electron chi connectivity index (χ1n) is 15.5. The Morgan fingerprint density at radius 2 is 1.16 bits per heavy atom. The summed E-state index contributed by atoms with van der Waals surface area (Å²) in [6.45, 7) is 6.78. The van der Waals surface area contributed by atoms with E-state index in [2.05, 4.69) is 142 Å². The van der Waals surface area contributed by atoms with Crippen molar-refractivity contribution in [3.63, 3.8) is 0 Å². The molecule has 214 valence electrons. The van der Waals surface area contributed by atoms with Gasteiger partial charge in [0.05, 0.1) is 22.9 Å². The molecule has 0 aliphatic rings. The normalized spacial score (nSPS) is 12.3. The zero-order chi connectivity index (χ0) is 30.3. The minimum Gasteiger partial charge on any atom is -0.455 e. The third kappa shape index (κ3) is 4.04. The standard InChI is InChI=1S/C42H30N2O/c1-42(2,3)29-20-27(30-17-10-18-35-36-22-25-11-4-5-12-26(25)23-38(36)45-41(30)35)19-28(21-29)37-24-43-39-33-15-8-6-13-31(33)32-14-7-9-16-34(32)40(39)44-37/h4-24H,1-3H3. The van der Waals surface area contributed by atoms with Crippen LogP contribution in [-0.4, -0.2) is 9.97 Å². The van der Waals surface area contributed by atoms with Gasteiger partial charge >= 0.3 is 0 Å². The highest BCUT2D eigenvalue weighted by Gasteiger charge is 2.20. The van der Waals surface area contributed by atoms with Crippen molar-refractivity contribution in [1.29, 1.82) is 0 Å². The van der Waals surface area contributed by atoms with Crippen LogP contribution in [-0.2, 0) is 5.41 Å². The fourth-order valence-corrected chi connectivity index (χ4v) is 6.84. The summed E-state index contributed by atoms with van der Waals surface area (Å²) in [5.74, 6) is 0. The first-order chi connectivity index (χ1) is 21.9. The van der Waals surface area contributed by atoms with Gasteiger partial charge in [0.25, 0.3) is 0 Å². The molecule has 0 amide bonds. The molecule has 0 unspecified atom stereocenters. The first-order valence-corrected chi connectivity index (χ1v) is 15.5. The van der Waals surface area contributed by atoms with Crippen molar-refractivity contribution in [2.75, 3.05) is 0 Å². The lowest BCUT2D eigenvalue weighted by Crippen LogP contribution is -2.11. The zero-order valence-corrected chi connectivity index (χ0v) is 25.4. The van der Waals surface area contributed by atoms with Crippen LogP contribution in [0, 0.1) is 0 Å². The molecule has 45 heavy (non-hydrogen) atoms. The van der Waals surface area contributed by atoms with Crippen LogP contribution in [0.3, 0.4) is 0 Å². The lowest BCUT2D eigenvalue weighted by Gasteiger charge is -2.21. The van der Waals surface area contributed by atoms with Crippen molar-refractivity contribution < 1.29 is 4.42 Å². The summed E-state index contributed by atoms with van der Waals surface area (Å²) in [6, 6.07) is 43.2. The highest BCUT2D eigenvalue weighted by atomic mass is 16.3. The van der Waals surface area contributed by atoms with Crippen LogP contribution in [0.25, 0.3) is 87.7 Å². The van der Waals surface area contributed by atoms with E-state index in [1.807, 2.05) is 6.20 Å². The van der Waals surface area contributed by atoms with Gasteiger partial charge in [0, 0.05) is 32.7 Å². The Morgan fingerprint density at radius 1 is 0.533 bits per heavy atom. The molecule has 0 radical (unpaired) electrons. The number of para-hydroxylation sites is 1. The van der Waals surface area contributed by atoms with E-state index in [0.29, 0.717) is 0 Å². The van der Waals surface area contributed by atoms with Crippen LogP contribution in [0.2, 0.25) is 0 Å². The summed E-state index contributed by atoms with van der Waals surface area (Å²) < 4.78 is 6.64. The summed E-state index contributed by atoms with van der Waals surface area (Å²) in [7, 11) is 0. The molecular weight excluding hydrogens is 548 g/mol. The van der Waals surface area contributed by atoms with Crippen LogP contribution in [0.1, 0.15) is 26.3 Å². The molecule has 0 bridgehead atoms. The number of furan rings is 1. The van der Waals surface area contributed by atoms with E-state index in [-0.39, 0.29) is 5.41 Å². The van der Waals surface area contributed by atoms with Gasteiger partial charge in [-0.05, 0) is 62.4 Å². The van der Waals surface area contributed by atoms with Crippen molar-refractivity contribution in [2.45, 2.75) is 26.2 Å². The molecular formula is C42H30N2O. The lowest BCUT2D eigenvalue weighted by molar-refractivity contribution is 0.590. The van der Waals surface area contributed by atoms with Crippen molar-refractivity contribution >= 4 is 65.3 Å². The molecule has 2 aromatic heterocycles. The molecule has 9 aromatic rings. The van der Waals surface area contributed by atoms with Gasteiger partial charge in [0.2, 0.25) is 0 Å². The van der Waals surface area contributed by atoms with Crippen LogP contribution in [0.4, 0.5) is 0 Å². The van der Waals surface area contributed by atoms with Gasteiger partial charge in [0.15, 0.2) is 0 Å². The van der Waals surface area contributed by atoms with Crippen LogP contribution >= 0.6 is 0 Å². The number of fused-ring (bicyclic) bond motifs is 10. The molecule has 0 aliphatic carbocycles. The van der Waals surface area contributed by atoms with E-state index < -0.39 is 0 Å². The molecule has 0 N–H and O–H groups in total. The molecule has 2 heterocycles. The van der Waals surface area contributed by atoms with E-state index in [4.69, 9.17) is 14.4 Å². The second kappa shape index (κ2) is 9.48. The topological polar surface area (TPSA) is 38.9 Å². The summed E-state index contributed by atoms with van der Waals surface area (Å²) >= 11 is 0. The Labute approximate surface area is 260 Å². The third-order valence-corrected chi connectivity index (χ3v) is 9.20. The number of nitrogens with zero attached hydrogens (tertiary/aromatic N) is 2. The second-order valence-corrected chi connectivity index (χ2v) is 13.1. The Balaban J connectivity index is 1.29. The summed E-state index contributed by atoms with van der Waals surface area (Å²) in [5.41, 5.74) is 8.92. The van der Waals surface area contributed by atoms with Gasteiger partial charge in [-0.1, -0.05) is 118 Å². The number of benzene rings is 7. The molecule has 9 rings (SSSR count). The predicted octanol–water partition coefficient (Wildman–Crippen LogP) is 11.6. The molecule has 3 heteroatoms. The number of rotatable bonds is 2. The minimum atomic E-state index is -0.0720. The number of aromatic nitrogens is 2. The average molecular weight is 579 g/mol. The van der Waals surface area contributed by atoms with Crippen molar-refractivity contribution in [2.24, 2.45) is 0 Å². The van der Waals surface area contributed by atoms with Crippen molar-refractivity contribution in [3.05, 3.63) is 133 Å². The van der Waals surface area contributed by atoms with Gasteiger partial charge in [-0.2, -0.15) is 0 Å². The Morgan fingerprint density at radius 3 is 1.89 bits per heavy atom. The van der Waals surface area contributed by atoms with Crippen molar-refractivity contribution in [1.82, 2.24) is 9.97 Å². The maximum atomic E-state index is 6.64. The smallest absolute Gasteiger partial charge is 0.143 e. The van der Waals surface area contributed by atoms with Crippen LogP contribution < -0.4 is 0 Å². The fourth-order valence-electron chi connectivity index (χ4n) is 6.84. The summed E-state index contributed by atoms with van der Waals surface area (Å²) in [5, 5.41) is 9.29. The van der Waals surface area contributed by atoms with Gasteiger partial charge in [-0.3, -0.25) is 4.98 Å². The molecule has 7 aromatic carbocycles. The molecule has 0 saturated heterocycles. The van der Waals surface area contributed by atoms with Crippen LogP contribution in [0.5, 0.6) is 0 Å². The van der Waals surface area contributed by atoms with Crippen molar-refractivity contribution in [3.8, 4) is 22.4 Å². The van der Waals surface area contributed by atoms with Gasteiger partial charge in [-0.25, -0.2) is 4.98 Å². The highest BCUT2D eigenvalue weighted by Crippen LogP contribution is 2.41. The third-order valence-electron chi connectivity index (χ3n) is 9.20. The lowest BCUT2D eigenvalue weighted by atomic mass is 9.83. The molecule has 0 spiro atoms. The molecule has 0 fully saturated rings. The van der Waals surface area contributed by atoms with E-state index >= 15 is 0 Å². The Hall–Kier alpha value is -5.54. The molecule has 0 aliphatic heterocycles. The van der Waals surface area contributed by atoms with Gasteiger partial charge in [-0.15, -0.1) is 0 Å². The van der Waals surface area contributed by atoms with Gasteiger partial charge < -0.3 is 4.42 Å². The number of hydrogen-bond acceptors (Lipinski definition) is 3. The quantitative estimate of drug-likeness (QED) is 0.192. The van der Waals surface area contributed by atoms with E-state index in [0.717, 1.165) is 66.1 Å². The van der Waals surface area contributed by atoms with Crippen LogP contribution in [0.15, 0.2) is 132 Å². The average Bonchev–Trinajstić information content (AvgIpc) is 3.44. The molecule has 3 nitrogen and oxygen atoms in total. The zero-order valence-electron chi connectivity index (χ0n) is 25.4. The summed E-state index contributed by atoms with van der Waals surface area (Å²) in [6.07, 6.45) is 1.93. The summed E-state index contributed by atoms with van der Waals surface area (Å²) in [4.78, 5) is 10.4. The molecule has 0 atom stereocenters. The largest absolute Gasteiger partial charge is 0.455 e. The molecule has 0 saturated carbocycles. The fraction of sp³-hybridized carbons (Fsp3) is 0.0952. The monoisotopic (exact) mass is 578 g/mol. The SMILES string of the molecule is CC(C)(C)c1cc(-c2cnc3c4ccccc4c4ccccc4c3n2)cc(-c2cccc3c2oc2cc4ccccc4cc23)c1.